The van der Waals surface area contributed by atoms with E-state index in [2.05, 4.69) is 82.2 Å². The maximum absolute atomic E-state index is 12.0. The summed E-state index contributed by atoms with van der Waals surface area (Å²) in [4.78, 5) is 68.8. The number of hydrogen-bond acceptors (Lipinski definition) is 22. The van der Waals surface area contributed by atoms with Crippen molar-refractivity contribution < 1.29 is 33.7 Å². The van der Waals surface area contributed by atoms with E-state index in [1.807, 2.05) is 132 Å². The number of anilines is 9. The molecule has 6 aromatic heterocycles. The van der Waals surface area contributed by atoms with Crippen LogP contribution in [0.3, 0.4) is 0 Å². The van der Waals surface area contributed by atoms with Gasteiger partial charge in [-0.05, 0) is 99.8 Å². The lowest BCUT2D eigenvalue weighted by Crippen LogP contribution is -2.45. The summed E-state index contributed by atoms with van der Waals surface area (Å²) in [5.74, 6) is 3.67. The molecular formula is C54H77N21O7. The molecule has 0 bridgehead atoms. The van der Waals surface area contributed by atoms with Crippen LogP contribution in [0.4, 0.5) is 52.4 Å². The van der Waals surface area contributed by atoms with Gasteiger partial charge in [0.15, 0.2) is 17.5 Å². The van der Waals surface area contributed by atoms with Crippen molar-refractivity contribution in [1.82, 2.24) is 59.7 Å². The number of rotatable bonds is 11. The molecule has 9 atom stereocenters. The molecule has 28 heteroatoms. The maximum atomic E-state index is 12.0. The Kier molecular flexibility index (Phi) is 18.1. The minimum Gasteiger partial charge on any atom is -0.394 e. The van der Waals surface area contributed by atoms with Crippen molar-refractivity contribution in [3.63, 3.8) is 0 Å². The first-order valence-corrected chi connectivity index (χ1v) is 27.7. The number of aryl methyl sites for hydroxylation is 6. The van der Waals surface area contributed by atoms with Crippen LogP contribution in [-0.4, -0.2) is 185 Å². The van der Waals surface area contributed by atoms with Crippen LogP contribution in [0, 0.1) is 41.5 Å². The minimum absolute atomic E-state index is 0.0224. The number of amides is 3. The highest BCUT2D eigenvalue weighted by Crippen LogP contribution is 2.35. The average Bonchev–Trinajstić information content (AvgIpc) is 4.39. The Balaban J connectivity index is 0.000000141. The summed E-state index contributed by atoms with van der Waals surface area (Å²) in [5, 5.41) is 43.0. The number of aromatic amines is 1. The summed E-state index contributed by atoms with van der Waals surface area (Å²) in [6.07, 6.45) is 8.06. The number of aliphatic hydroxyl groups excluding tert-OH is 1. The standard InChI is InChI=1S/2C18H25N7O2.C14H21N5O3.C4H6N2/c1-10-5-6-25(23-10)8-14-7-13(9-27-14)20-18-19-11(2)15-16(22-18)24(4)12(3)17(26)21-15;1-10-5-6-19-25(10)8-14-7-13(9-27-14)21-18-20-11(2)15-16(23-18)24(4)12(3)17(26)22-15;1-7-11-12(19(3)8(2)13(21)17-11)18-14(15-7)16-9-4-10(5-20)22-6-9;1-4-2-3-5-6-4/h5-6,12-14H,7-9H2,1-4H3,(H,21,26)(H,19,20,22);5-6,12-14H,7-9H2,1-4H3,(H,22,26)(H,20,21,23);8-10,20H,4-6H2,1-3H3,(H,17,21)(H,15,16,18);2-3H,1H3,(H,5,6)/t2*12-,13?,14?;8-,9?,10?;/m000./s1. The summed E-state index contributed by atoms with van der Waals surface area (Å²) >= 11 is 0. The van der Waals surface area contributed by atoms with E-state index in [9.17, 15) is 14.4 Å². The SMILES string of the molecule is Cc1ccn(CC2CC(Nc3nc(C)c4c(n3)N(C)[C@@H](C)C(=O)N4)CO2)n1.Cc1ccn[nH]1.Cc1nc(NC2COC(CO)C2)nc2c1NC(=O)[C@H](C)N2C.Cc1nc(NC2COC(Cn3nccc3C)C2)nc2c1NC(=O)[C@H](C)N2C. The summed E-state index contributed by atoms with van der Waals surface area (Å²) < 4.78 is 21.1. The van der Waals surface area contributed by atoms with Gasteiger partial charge in [0, 0.05) is 51.1 Å². The molecule has 3 saturated heterocycles. The van der Waals surface area contributed by atoms with Crippen LogP contribution in [0.15, 0.2) is 36.8 Å². The molecule has 0 saturated carbocycles. The molecule has 12 heterocycles. The van der Waals surface area contributed by atoms with Gasteiger partial charge in [0.2, 0.25) is 35.6 Å². The molecule has 0 radical (unpaired) electrons. The minimum atomic E-state index is -0.275. The molecule has 82 heavy (non-hydrogen) atoms. The van der Waals surface area contributed by atoms with Crippen LogP contribution in [0.2, 0.25) is 0 Å². The fourth-order valence-corrected chi connectivity index (χ4v) is 10.1. The zero-order valence-electron chi connectivity index (χ0n) is 48.7. The van der Waals surface area contributed by atoms with Crippen molar-refractivity contribution in [1.29, 1.82) is 0 Å². The van der Waals surface area contributed by atoms with Gasteiger partial charge in [0.1, 0.15) is 35.2 Å². The number of carbonyl (C=O) groups excluding carboxylic acids is 3. The van der Waals surface area contributed by atoms with Crippen LogP contribution < -0.4 is 46.6 Å². The van der Waals surface area contributed by atoms with E-state index in [1.54, 1.807) is 12.4 Å². The van der Waals surface area contributed by atoms with E-state index in [-0.39, 0.29) is 78.9 Å². The molecule has 12 rings (SSSR count). The van der Waals surface area contributed by atoms with Gasteiger partial charge in [-0.2, -0.15) is 30.2 Å². The largest absolute Gasteiger partial charge is 0.394 e. The highest BCUT2D eigenvalue weighted by molar-refractivity contribution is 6.04. The molecule has 3 fully saturated rings. The third kappa shape index (κ3) is 13.6. The molecule has 0 aromatic carbocycles. The van der Waals surface area contributed by atoms with Crippen molar-refractivity contribution >= 4 is 70.1 Å². The zero-order valence-corrected chi connectivity index (χ0v) is 48.7. The van der Waals surface area contributed by atoms with Crippen molar-refractivity contribution in [2.75, 3.05) is 94.2 Å². The Bertz CT molecular complexity index is 3210. The lowest BCUT2D eigenvalue weighted by atomic mass is 10.1. The number of hydrogen-bond donors (Lipinski definition) is 8. The Morgan fingerprint density at radius 2 is 1.00 bits per heavy atom. The predicted octanol–water partition coefficient (Wildman–Crippen LogP) is 3.51. The number of ether oxygens (including phenoxy) is 3. The molecule has 440 valence electrons. The zero-order chi connectivity index (χ0) is 58.5. The van der Waals surface area contributed by atoms with Crippen molar-refractivity contribution in [3.05, 3.63) is 71.0 Å². The lowest BCUT2D eigenvalue weighted by Gasteiger charge is -2.32. The second-order valence-corrected chi connectivity index (χ2v) is 21.7. The van der Waals surface area contributed by atoms with Gasteiger partial charge in [0.25, 0.3) is 0 Å². The third-order valence-electron chi connectivity index (χ3n) is 15.4. The molecule has 0 aliphatic carbocycles. The third-order valence-corrected chi connectivity index (χ3v) is 15.4. The number of likely N-dealkylation sites (N-methyl/N-ethyl adjacent to an activating group) is 3. The molecule has 0 spiro atoms. The fraction of sp³-hybridized carbons (Fsp3) is 0.556. The number of aliphatic hydroxyl groups is 1. The summed E-state index contributed by atoms with van der Waals surface area (Å²) in [5.41, 5.74) is 7.48. The smallest absolute Gasteiger partial charge is 0.246 e. The van der Waals surface area contributed by atoms with E-state index in [0.29, 0.717) is 60.5 Å². The number of nitrogens with one attached hydrogen (secondary N) is 7. The molecule has 6 aromatic rings. The van der Waals surface area contributed by atoms with Crippen LogP contribution in [-0.2, 0) is 41.7 Å². The van der Waals surface area contributed by atoms with Crippen LogP contribution in [0.25, 0.3) is 0 Å². The molecule has 8 N–H and O–H groups in total. The van der Waals surface area contributed by atoms with Crippen LogP contribution in [0.5, 0.6) is 0 Å². The first-order chi connectivity index (χ1) is 39.2. The topological polar surface area (TPSA) is 323 Å². The Hall–Kier alpha value is -8.08. The van der Waals surface area contributed by atoms with E-state index >= 15 is 0 Å². The van der Waals surface area contributed by atoms with Gasteiger partial charge in [-0.15, -0.1) is 0 Å². The molecule has 3 amide bonds. The Labute approximate surface area is 476 Å². The summed E-state index contributed by atoms with van der Waals surface area (Å²) in [7, 11) is 5.60. The number of aromatic nitrogens is 12. The van der Waals surface area contributed by atoms with Gasteiger partial charge in [0.05, 0.1) is 98.7 Å². The van der Waals surface area contributed by atoms with Crippen LogP contribution >= 0.6 is 0 Å². The summed E-state index contributed by atoms with van der Waals surface area (Å²) in [6.45, 7) is 20.4. The number of nitrogens with zero attached hydrogens (tertiary/aromatic N) is 14. The molecule has 6 aliphatic rings. The highest BCUT2D eigenvalue weighted by atomic mass is 16.5. The Morgan fingerprint density at radius 3 is 1.34 bits per heavy atom. The van der Waals surface area contributed by atoms with E-state index < -0.39 is 0 Å². The predicted molar refractivity (Wildman–Crippen MR) is 309 cm³/mol. The van der Waals surface area contributed by atoms with E-state index in [1.165, 1.54) is 0 Å². The van der Waals surface area contributed by atoms with Gasteiger partial charge in [-0.25, -0.2) is 15.0 Å². The monoisotopic (exact) mass is 1130 g/mol. The quantitative estimate of drug-likeness (QED) is 0.0920. The summed E-state index contributed by atoms with van der Waals surface area (Å²) in [6, 6.07) is 5.45. The molecule has 6 unspecified atom stereocenters. The number of carbonyl (C=O) groups is 3. The fourth-order valence-electron chi connectivity index (χ4n) is 10.1. The molecule has 28 nitrogen and oxygen atoms in total. The Morgan fingerprint density at radius 1 is 0.573 bits per heavy atom. The van der Waals surface area contributed by atoms with Gasteiger partial charge < -0.3 is 65.9 Å². The van der Waals surface area contributed by atoms with Gasteiger partial charge >= 0.3 is 0 Å². The second kappa shape index (κ2) is 25.4. The average molecular weight is 1130 g/mol. The van der Waals surface area contributed by atoms with E-state index in [4.69, 9.17) is 19.3 Å². The molecular weight excluding hydrogens is 1050 g/mol. The maximum Gasteiger partial charge on any atom is 0.246 e. The van der Waals surface area contributed by atoms with Crippen molar-refractivity contribution in [3.8, 4) is 0 Å². The normalized spacial score (nSPS) is 24.3. The van der Waals surface area contributed by atoms with Crippen molar-refractivity contribution in [2.45, 2.75) is 149 Å². The van der Waals surface area contributed by atoms with Gasteiger partial charge in [-0.3, -0.25) is 28.8 Å². The van der Waals surface area contributed by atoms with Gasteiger partial charge in [-0.1, -0.05) is 0 Å². The van der Waals surface area contributed by atoms with Crippen molar-refractivity contribution in [2.24, 2.45) is 0 Å². The van der Waals surface area contributed by atoms with E-state index in [0.717, 1.165) is 78.2 Å². The number of H-pyrrole nitrogens is 1. The second-order valence-electron chi connectivity index (χ2n) is 21.7. The highest BCUT2D eigenvalue weighted by Gasteiger charge is 2.35. The first kappa shape index (κ1) is 58.6. The first-order valence-electron chi connectivity index (χ1n) is 27.7. The lowest BCUT2D eigenvalue weighted by molar-refractivity contribution is -0.118. The number of fused-ring (bicyclic) bond motifs is 3. The molecule has 6 aliphatic heterocycles. The van der Waals surface area contributed by atoms with Crippen LogP contribution in [0.1, 0.15) is 74.2 Å².